The predicted octanol–water partition coefficient (Wildman–Crippen LogP) is -2.23. The molecule has 3 heterocycles. The molecule has 3 aliphatic rings. The maximum Gasteiger partial charge on any atom is 0.315 e. The standard InChI is InChI=1S/C39H67N5O15S/c1-4-5-6-7-8-11-22(2)37(55)44(16-14-40-28(48)20-57-29(49)13-10-9-12-27-30-24(21-60-27)42-39(56)43-30)17-15-41-36(54)31(50)23(3)35(25(47)18-45)59-38-34(53)33(52)32(51)26(19-46)58-38/h23-27,30-35,38,45-47,50-53H,2,4-21H2,1,3H3,(H,40,48)(H,41,54)(H2,42,43,56)/t23?,24-,25?,26?,27-,30-,31?,32+,33+,34?,35?,38+/m1/s1. The predicted molar refractivity (Wildman–Crippen MR) is 217 cm³/mol. The Bertz CT molecular complexity index is 1400. The summed E-state index contributed by atoms with van der Waals surface area (Å²) in [6, 6.07) is 0.0647. The molecule has 3 aliphatic heterocycles. The lowest BCUT2D eigenvalue weighted by Gasteiger charge is -2.42. The molecule has 0 bridgehead atoms. The van der Waals surface area contributed by atoms with E-state index in [2.05, 4.69) is 34.8 Å². The van der Waals surface area contributed by atoms with Gasteiger partial charge < -0.3 is 76.1 Å². The van der Waals surface area contributed by atoms with E-state index < -0.39 is 98.4 Å². The molecular formula is C39H67N5O15S. The van der Waals surface area contributed by atoms with Gasteiger partial charge >= 0.3 is 12.0 Å². The van der Waals surface area contributed by atoms with Gasteiger partial charge in [0, 0.05) is 55.1 Å². The van der Waals surface area contributed by atoms with Crippen LogP contribution in [0.25, 0.3) is 0 Å². The molecule has 60 heavy (non-hydrogen) atoms. The van der Waals surface area contributed by atoms with E-state index in [0.717, 1.165) is 50.7 Å². The van der Waals surface area contributed by atoms with Gasteiger partial charge in [-0.05, 0) is 25.7 Å². The van der Waals surface area contributed by atoms with Gasteiger partial charge in [0.05, 0.1) is 31.4 Å². The highest BCUT2D eigenvalue weighted by Crippen LogP contribution is 2.33. The monoisotopic (exact) mass is 877 g/mol. The number of aliphatic hydroxyl groups is 7. The lowest BCUT2D eigenvalue weighted by atomic mass is 9.92. The van der Waals surface area contributed by atoms with E-state index in [1.54, 1.807) is 11.8 Å². The second kappa shape index (κ2) is 26.4. The molecule has 0 aromatic carbocycles. The number of hydrogen-bond donors (Lipinski definition) is 11. The number of fused-ring (bicyclic) bond motifs is 1. The topological polar surface area (TPSA) is 306 Å². The van der Waals surface area contributed by atoms with Gasteiger partial charge in [-0.25, -0.2) is 4.79 Å². The molecule has 11 N–H and O–H groups in total. The summed E-state index contributed by atoms with van der Waals surface area (Å²) in [4.78, 5) is 64.4. The van der Waals surface area contributed by atoms with Crippen LogP contribution in [0.15, 0.2) is 12.2 Å². The third kappa shape index (κ3) is 15.7. The van der Waals surface area contributed by atoms with Crippen LogP contribution in [0.1, 0.15) is 78.1 Å². The van der Waals surface area contributed by atoms with E-state index >= 15 is 0 Å². The molecular weight excluding hydrogens is 811 g/mol. The van der Waals surface area contributed by atoms with Crippen LogP contribution in [-0.2, 0) is 33.4 Å². The van der Waals surface area contributed by atoms with Gasteiger partial charge in [-0.15, -0.1) is 0 Å². The molecule has 21 heteroatoms. The minimum Gasteiger partial charge on any atom is -0.456 e. The number of unbranched alkanes of at least 4 members (excludes halogenated alkanes) is 5. The summed E-state index contributed by atoms with van der Waals surface area (Å²) in [7, 11) is 0. The van der Waals surface area contributed by atoms with Crippen LogP contribution < -0.4 is 21.3 Å². The fraction of sp³-hybridized carbons (Fsp3) is 0.821. The average molecular weight is 878 g/mol. The average Bonchev–Trinajstić information content (AvgIpc) is 3.80. The number of nitrogens with zero attached hydrogens (tertiary/aromatic N) is 1. The molecule has 0 saturated carbocycles. The molecule has 0 aromatic heterocycles. The molecule has 0 aliphatic carbocycles. The molecule has 12 atom stereocenters. The summed E-state index contributed by atoms with van der Waals surface area (Å²) in [5.41, 5.74) is 0.342. The van der Waals surface area contributed by atoms with E-state index in [-0.39, 0.29) is 56.0 Å². The summed E-state index contributed by atoms with van der Waals surface area (Å²) in [5, 5.41) is 82.5. The van der Waals surface area contributed by atoms with Crippen LogP contribution in [0, 0.1) is 5.92 Å². The van der Waals surface area contributed by atoms with Crippen LogP contribution in [-0.4, -0.2) is 188 Å². The number of aliphatic hydroxyl groups excluding tert-OH is 7. The number of nitrogens with one attached hydrogen (secondary N) is 4. The molecule has 20 nitrogen and oxygen atoms in total. The molecule has 5 amide bonds. The summed E-state index contributed by atoms with van der Waals surface area (Å²) < 4.78 is 16.1. The Morgan fingerprint density at radius 3 is 2.32 bits per heavy atom. The minimum absolute atomic E-state index is 0.0108. The van der Waals surface area contributed by atoms with Crippen LogP contribution in [0.5, 0.6) is 0 Å². The SMILES string of the molecule is C=C(CCCCCCC)C(=O)N(CCNC(=O)COC(=O)CCCC[C@H]1SC[C@H]2NC(=O)N[C@H]21)CCNC(=O)C(O)C(C)C(O[C@@H]1OC(CO)[C@H](O)[C@H](O)C1O)C(O)CO. The number of thioether (sulfide) groups is 1. The van der Waals surface area contributed by atoms with Crippen LogP contribution in [0.4, 0.5) is 4.79 Å². The number of ether oxygens (including phenoxy) is 3. The van der Waals surface area contributed by atoms with Crippen LogP contribution in [0.2, 0.25) is 0 Å². The summed E-state index contributed by atoms with van der Waals surface area (Å²) in [6.07, 6.45) is -5.93. The van der Waals surface area contributed by atoms with Gasteiger partial charge in [-0.3, -0.25) is 19.2 Å². The zero-order valence-corrected chi connectivity index (χ0v) is 35.4. The van der Waals surface area contributed by atoms with Crippen molar-refractivity contribution in [3.8, 4) is 0 Å². The first-order valence-electron chi connectivity index (χ1n) is 20.9. The van der Waals surface area contributed by atoms with Crippen molar-refractivity contribution in [3.63, 3.8) is 0 Å². The molecule has 3 rings (SSSR count). The number of amides is 5. The number of carbonyl (C=O) groups is 5. The van der Waals surface area contributed by atoms with Crippen molar-refractivity contribution in [2.75, 3.05) is 51.8 Å². The first kappa shape index (κ1) is 51.2. The number of urea groups is 1. The second-order valence-corrected chi connectivity index (χ2v) is 16.9. The third-order valence-corrected chi connectivity index (χ3v) is 12.5. The van der Waals surface area contributed by atoms with Crippen molar-refractivity contribution in [2.24, 2.45) is 5.92 Å². The fourth-order valence-corrected chi connectivity index (χ4v) is 8.83. The number of carbonyl (C=O) groups excluding carboxylic acids is 5. The Morgan fingerprint density at radius 1 is 0.950 bits per heavy atom. The zero-order valence-electron chi connectivity index (χ0n) is 34.6. The van der Waals surface area contributed by atoms with Gasteiger partial charge in [-0.2, -0.15) is 11.8 Å². The van der Waals surface area contributed by atoms with Crippen molar-refractivity contribution in [1.29, 1.82) is 0 Å². The lowest BCUT2D eigenvalue weighted by Crippen LogP contribution is -2.61. The number of esters is 1. The Kier molecular flexibility index (Phi) is 22.5. The normalized spacial score (nSPS) is 26.8. The summed E-state index contributed by atoms with van der Waals surface area (Å²) in [6.45, 7) is 5.01. The lowest BCUT2D eigenvalue weighted by molar-refractivity contribution is -0.323. The molecule has 0 spiro atoms. The van der Waals surface area contributed by atoms with Crippen molar-refractivity contribution in [3.05, 3.63) is 12.2 Å². The highest BCUT2D eigenvalue weighted by Gasteiger charge is 2.47. The largest absolute Gasteiger partial charge is 0.456 e. The first-order chi connectivity index (χ1) is 28.6. The van der Waals surface area contributed by atoms with Crippen molar-refractivity contribution < 1.29 is 73.9 Å². The van der Waals surface area contributed by atoms with Crippen molar-refractivity contribution in [2.45, 2.75) is 144 Å². The zero-order chi connectivity index (χ0) is 44.4. The molecule has 6 unspecified atom stereocenters. The van der Waals surface area contributed by atoms with Gasteiger partial charge in [0.2, 0.25) is 11.8 Å². The van der Waals surface area contributed by atoms with Gasteiger partial charge in [-0.1, -0.05) is 52.5 Å². The molecule has 344 valence electrons. The third-order valence-electron chi connectivity index (χ3n) is 11.0. The van der Waals surface area contributed by atoms with Crippen molar-refractivity contribution in [1.82, 2.24) is 26.2 Å². The highest BCUT2D eigenvalue weighted by molar-refractivity contribution is 8.00. The molecule has 3 saturated heterocycles. The second-order valence-electron chi connectivity index (χ2n) is 15.6. The first-order valence-corrected chi connectivity index (χ1v) is 22.0. The minimum atomic E-state index is -1.86. The maximum atomic E-state index is 13.5. The van der Waals surface area contributed by atoms with Gasteiger partial charge in [0.1, 0.15) is 36.6 Å². The van der Waals surface area contributed by atoms with E-state index in [1.807, 2.05) is 0 Å². The smallest absolute Gasteiger partial charge is 0.315 e. The van der Waals surface area contributed by atoms with E-state index in [1.165, 1.54) is 11.8 Å². The van der Waals surface area contributed by atoms with Crippen molar-refractivity contribution >= 4 is 41.5 Å². The Morgan fingerprint density at radius 2 is 1.63 bits per heavy atom. The van der Waals surface area contributed by atoms with Gasteiger partial charge in [0.25, 0.3) is 5.91 Å². The summed E-state index contributed by atoms with van der Waals surface area (Å²) >= 11 is 1.79. The molecule has 0 aromatic rings. The fourth-order valence-electron chi connectivity index (χ4n) is 7.29. The molecule has 3 fully saturated rings. The van der Waals surface area contributed by atoms with E-state index in [9.17, 15) is 59.7 Å². The van der Waals surface area contributed by atoms with Crippen LogP contribution in [0.3, 0.4) is 0 Å². The maximum absolute atomic E-state index is 13.5. The summed E-state index contributed by atoms with van der Waals surface area (Å²) in [5.74, 6) is -2.82. The van der Waals surface area contributed by atoms with E-state index in [0.29, 0.717) is 18.4 Å². The quantitative estimate of drug-likeness (QED) is 0.0172. The Balaban J connectivity index is 1.48. The Hall–Kier alpha value is -3.12. The Labute approximate surface area is 355 Å². The van der Waals surface area contributed by atoms with E-state index in [4.69, 9.17) is 14.2 Å². The molecule has 0 radical (unpaired) electrons. The van der Waals surface area contributed by atoms with Crippen LogP contribution >= 0.6 is 11.8 Å². The number of hydrogen-bond acceptors (Lipinski definition) is 16. The van der Waals surface area contributed by atoms with Gasteiger partial charge in [0.15, 0.2) is 12.9 Å². The highest BCUT2D eigenvalue weighted by atomic mass is 32.2. The number of rotatable bonds is 28.